The van der Waals surface area contributed by atoms with Crippen LogP contribution in [0.1, 0.15) is 41.0 Å². The van der Waals surface area contributed by atoms with E-state index in [1.54, 1.807) is 13.8 Å². The molecule has 150 valence electrons. The van der Waals surface area contributed by atoms with Crippen molar-refractivity contribution in [1.29, 1.82) is 0 Å². The molecule has 0 spiro atoms. The molecule has 10 nitrogen and oxygen atoms in total. The summed E-state index contributed by atoms with van der Waals surface area (Å²) in [6.07, 6.45) is -0.759. The lowest BCUT2D eigenvalue weighted by atomic mass is 9.98. The Morgan fingerprint density at radius 1 is 0.885 bits per heavy atom. The number of nitrogens with one attached hydrogen (secondary N) is 3. The summed E-state index contributed by atoms with van der Waals surface area (Å²) in [5, 5.41) is 26.1. The number of rotatable bonds is 10. The predicted molar refractivity (Wildman–Crippen MR) is 93.9 cm³/mol. The van der Waals surface area contributed by atoms with E-state index in [1.165, 1.54) is 20.8 Å². The number of aliphatic carboxylic acids is 1. The number of aliphatic hydroxyl groups is 1. The molecule has 0 radical (unpaired) electrons. The van der Waals surface area contributed by atoms with Crippen molar-refractivity contribution in [3.63, 3.8) is 0 Å². The van der Waals surface area contributed by atoms with Crippen molar-refractivity contribution in [2.24, 2.45) is 11.7 Å². The minimum Gasteiger partial charge on any atom is -0.480 e. The number of aliphatic hydroxyl groups excluding tert-OH is 1. The maximum atomic E-state index is 12.4. The highest BCUT2D eigenvalue weighted by Crippen LogP contribution is 2.09. The first-order chi connectivity index (χ1) is 11.9. The molecule has 0 fully saturated rings. The summed E-state index contributed by atoms with van der Waals surface area (Å²) in [4.78, 5) is 47.4. The minimum atomic E-state index is -1.37. The molecule has 0 heterocycles. The first-order valence-corrected chi connectivity index (χ1v) is 8.49. The van der Waals surface area contributed by atoms with Crippen molar-refractivity contribution in [1.82, 2.24) is 16.0 Å². The Hall–Kier alpha value is -2.20. The van der Waals surface area contributed by atoms with Gasteiger partial charge in [0.1, 0.15) is 18.1 Å². The van der Waals surface area contributed by atoms with Gasteiger partial charge in [-0.3, -0.25) is 14.4 Å². The van der Waals surface area contributed by atoms with Gasteiger partial charge in [-0.15, -0.1) is 0 Å². The first-order valence-electron chi connectivity index (χ1n) is 8.49. The van der Waals surface area contributed by atoms with Gasteiger partial charge in [0.2, 0.25) is 17.7 Å². The van der Waals surface area contributed by atoms with Crippen LogP contribution in [-0.4, -0.2) is 64.2 Å². The fourth-order valence-corrected chi connectivity index (χ4v) is 2.02. The number of carbonyl (C=O) groups is 4. The van der Waals surface area contributed by atoms with E-state index in [2.05, 4.69) is 16.0 Å². The van der Waals surface area contributed by atoms with Crippen molar-refractivity contribution in [2.45, 2.75) is 71.3 Å². The van der Waals surface area contributed by atoms with Crippen molar-refractivity contribution >= 4 is 23.7 Å². The van der Waals surface area contributed by atoms with Gasteiger partial charge >= 0.3 is 5.97 Å². The van der Waals surface area contributed by atoms with Crippen LogP contribution in [-0.2, 0) is 19.2 Å². The monoisotopic (exact) mass is 374 g/mol. The van der Waals surface area contributed by atoms with Gasteiger partial charge in [0.05, 0.1) is 12.1 Å². The van der Waals surface area contributed by atoms with Crippen LogP contribution in [0.25, 0.3) is 0 Å². The fraction of sp³-hybridized carbons (Fsp3) is 0.750. The number of hydrogen-bond acceptors (Lipinski definition) is 6. The molecule has 0 aliphatic carbocycles. The smallest absolute Gasteiger partial charge is 0.326 e. The molecule has 0 aromatic rings. The highest BCUT2D eigenvalue weighted by molar-refractivity contribution is 5.94. The van der Waals surface area contributed by atoms with Crippen LogP contribution in [0.15, 0.2) is 0 Å². The van der Waals surface area contributed by atoms with Crippen molar-refractivity contribution in [3.05, 3.63) is 0 Å². The molecule has 0 aliphatic heterocycles. The highest BCUT2D eigenvalue weighted by atomic mass is 16.4. The average Bonchev–Trinajstić information content (AvgIpc) is 2.55. The van der Waals surface area contributed by atoms with Crippen LogP contribution in [0.5, 0.6) is 0 Å². The molecule has 10 heteroatoms. The molecule has 26 heavy (non-hydrogen) atoms. The minimum absolute atomic E-state index is 0.342. The largest absolute Gasteiger partial charge is 0.480 e. The molecular formula is C16H30N4O6. The normalized spacial score (nSPS) is 17.8. The molecule has 0 bridgehead atoms. The Kier molecular flexibility index (Phi) is 9.81. The van der Waals surface area contributed by atoms with Crippen LogP contribution in [0.4, 0.5) is 0 Å². The fourth-order valence-electron chi connectivity index (χ4n) is 2.02. The third kappa shape index (κ3) is 7.36. The SMILES string of the molecule is CCC(C)C(NC(=O)C(NC(=O)C(C)NC(=O)C(C)N)C(C)O)C(=O)O. The third-order valence-corrected chi connectivity index (χ3v) is 4.01. The van der Waals surface area contributed by atoms with E-state index in [9.17, 15) is 29.4 Å². The maximum absolute atomic E-state index is 12.4. The number of carboxylic acid groups (broad SMARTS) is 1. The second-order valence-corrected chi connectivity index (χ2v) is 6.46. The van der Waals surface area contributed by atoms with Gasteiger partial charge in [0.15, 0.2) is 0 Å². The second-order valence-electron chi connectivity index (χ2n) is 6.46. The Bertz CT molecular complexity index is 523. The molecule has 6 atom stereocenters. The van der Waals surface area contributed by atoms with Crippen molar-refractivity contribution in [2.75, 3.05) is 0 Å². The second kappa shape index (κ2) is 10.7. The summed E-state index contributed by atoms with van der Waals surface area (Å²) in [7, 11) is 0. The van der Waals surface area contributed by atoms with Gasteiger partial charge in [-0.25, -0.2) is 4.79 Å². The van der Waals surface area contributed by atoms with Gasteiger partial charge in [-0.05, 0) is 26.7 Å². The maximum Gasteiger partial charge on any atom is 0.326 e. The quantitative estimate of drug-likeness (QED) is 0.265. The Balaban J connectivity index is 5.06. The Labute approximate surface area is 152 Å². The summed E-state index contributed by atoms with van der Waals surface area (Å²) in [5.41, 5.74) is 5.40. The average molecular weight is 374 g/mol. The van der Waals surface area contributed by atoms with Crippen LogP contribution in [0.3, 0.4) is 0 Å². The van der Waals surface area contributed by atoms with Crippen molar-refractivity contribution < 1.29 is 29.4 Å². The van der Waals surface area contributed by atoms with E-state index < -0.39 is 54.0 Å². The molecule has 0 rings (SSSR count). The number of carboxylic acids is 1. The van der Waals surface area contributed by atoms with Crippen molar-refractivity contribution in [3.8, 4) is 0 Å². The third-order valence-electron chi connectivity index (χ3n) is 4.01. The summed E-state index contributed by atoms with van der Waals surface area (Å²) in [6, 6.07) is -4.33. The molecule has 0 aromatic heterocycles. The van der Waals surface area contributed by atoms with Crippen LogP contribution < -0.4 is 21.7 Å². The van der Waals surface area contributed by atoms with Gasteiger partial charge in [0.25, 0.3) is 0 Å². The van der Waals surface area contributed by atoms with Crippen LogP contribution >= 0.6 is 0 Å². The topological polar surface area (TPSA) is 171 Å². The lowest BCUT2D eigenvalue weighted by molar-refractivity contribution is -0.144. The molecular weight excluding hydrogens is 344 g/mol. The number of nitrogens with two attached hydrogens (primary N) is 1. The highest BCUT2D eigenvalue weighted by Gasteiger charge is 2.32. The molecule has 0 aliphatic rings. The summed E-state index contributed by atoms with van der Waals surface area (Å²) >= 11 is 0. The lowest BCUT2D eigenvalue weighted by Gasteiger charge is -2.26. The summed E-state index contributed by atoms with van der Waals surface area (Å²) < 4.78 is 0. The van der Waals surface area contributed by atoms with E-state index in [0.717, 1.165) is 0 Å². The Morgan fingerprint density at radius 3 is 1.77 bits per heavy atom. The van der Waals surface area contributed by atoms with Crippen LogP contribution in [0.2, 0.25) is 0 Å². The Morgan fingerprint density at radius 2 is 1.38 bits per heavy atom. The summed E-state index contributed by atoms with van der Waals surface area (Å²) in [6.45, 7) is 7.58. The van der Waals surface area contributed by atoms with Gasteiger partial charge in [-0.1, -0.05) is 20.3 Å². The number of carbonyl (C=O) groups excluding carboxylic acids is 3. The molecule has 3 amide bonds. The zero-order valence-corrected chi connectivity index (χ0v) is 15.8. The van der Waals surface area contributed by atoms with Gasteiger partial charge in [0, 0.05) is 0 Å². The van der Waals surface area contributed by atoms with E-state index in [1.807, 2.05) is 0 Å². The molecule has 6 unspecified atom stereocenters. The zero-order chi connectivity index (χ0) is 20.6. The van der Waals surface area contributed by atoms with E-state index in [0.29, 0.717) is 6.42 Å². The number of amides is 3. The number of hydrogen-bond donors (Lipinski definition) is 6. The molecule has 0 aromatic carbocycles. The van der Waals surface area contributed by atoms with Gasteiger partial charge < -0.3 is 31.9 Å². The zero-order valence-electron chi connectivity index (χ0n) is 15.8. The van der Waals surface area contributed by atoms with E-state index in [-0.39, 0.29) is 5.92 Å². The standard InChI is InChI=1S/C16H30N4O6/c1-6-7(2)11(16(25)26)19-15(24)12(10(5)21)20-14(23)9(4)18-13(22)8(3)17/h7-12,21H,6,17H2,1-5H3,(H,18,22)(H,19,24)(H,20,23)(H,25,26). The van der Waals surface area contributed by atoms with Gasteiger partial charge in [-0.2, -0.15) is 0 Å². The molecule has 0 saturated heterocycles. The van der Waals surface area contributed by atoms with Crippen LogP contribution in [0, 0.1) is 5.92 Å². The lowest BCUT2D eigenvalue weighted by Crippen LogP contribution is -2.59. The van der Waals surface area contributed by atoms with E-state index >= 15 is 0 Å². The molecule has 7 N–H and O–H groups in total. The summed E-state index contributed by atoms with van der Waals surface area (Å²) in [5.74, 6) is -3.64. The molecule has 0 saturated carbocycles. The predicted octanol–water partition coefficient (Wildman–Crippen LogP) is -1.68. The first kappa shape index (κ1) is 23.8. The van der Waals surface area contributed by atoms with E-state index in [4.69, 9.17) is 5.73 Å².